The summed E-state index contributed by atoms with van der Waals surface area (Å²) in [6.07, 6.45) is 1.00. The molecule has 2 aliphatic rings. The summed E-state index contributed by atoms with van der Waals surface area (Å²) in [5.41, 5.74) is 5.26. The van der Waals surface area contributed by atoms with Crippen molar-refractivity contribution < 1.29 is 18.9 Å². The Balaban J connectivity index is 1.82. The Labute approximate surface area is 160 Å². The molecule has 0 N–H and O–H groups in total. The van der Waals surface area contributed by atoms with Gasteiger partial charge in [0.05, 0.1) is 28.4 Å². The van der Waals surface area contributed by atoms with E-state index >= 15 is 0 Å². The molecule has 2 atom stereocenters. The fourth-order valence-corrected chi connectivity index (χ4v) is 4.76. The smallest absolute Gasteiger partial charge is 0.165 e. The van der Waals surface area contributed by atoms with Gasteiger partial charge < -0.3 is 18.9 Å². The van der Waals surface area contributed by atoms with E-state index < -0.39 is 0 Å². The van der Waals surface area contributed by atoms with E-state index in [0.29, 0.717) is 12.0 Å². The van der Waals surface area contributed by atoms with Crippen LogP contribution in [0.5, 0.6) is 23.0 Å². The minimum Gasteiger partial charge on any atom is -0.493 e. The standard InChI is InChI=1S/C22H27NO4/c1-13-15-6-7-18(24-2)22(27-5)17(15)12-23-9-8-14-10-19(25-3)20(26-4)11-16(14)21(13)23/h6-7,10-11,13,21H,8-9,12H2,1-5H3/t13-,21+/m0/s1. The molecule has 0 radical (unpaired) electrons. The van der Waals surface area contributed by atoms with Crippen molar-refractivity contribution in [3.05, 3.63) is 46.5 Å². The van der Waals surface area contributed by atoms with Crippen LogP contribution in [0.3, 0.4) is 0 Å². The summed E-state index contributed by atoms with van der Waals surface area (Å²) in [5, 5.41) is 0. The Morgan fingerprint density at radius 2 is 1.56 bits per heavy atom. The molecule has 27 heavy (non-hydrogen) atoms. The van der Waals surface area contributed by atoms with Crippen LogP contribution in [0, 0.1) is 0 Å². The lowest BCUT2D eigenvalue weighted by Gasteiger charge is -2.45. The Bertz CT molecular complexity index is 864. The van der Waals surface area contributed by atoms with Crippen molar-refractivity contribution in [2.45, 2.75) is 31.8 Å². The highest BCUT2D eigenvalue weighted by molar-refractivity contribution is 5.56. The third kappa shape index (κ3) is 2.72. The van der Waals surface area contributed by atoms with Crippen molar-refractivity contribution in [1.29, 1.82) is 0 Å². The first-order chi connectivity index (χ1) is 13.1. The Hall–Kier alpha value is -2.40. The van der Waals surface area contributed by atoms with Gasteiger partial charge in [0.2, 0.25) is 0 Å². The van der Waals surface area contributed by atoms with Crippen LogP contribution in [-0.2, 0) is 13.0 Å². The zero-order valence-electron chi connectivity index (χ0n) is 16.7. The van der Waals surface area contributed by atoms with Gasteiger partial charge in [-0.15, -0.1) is 0 Å². The monoisotopic (exact) mass is 369 g/mol. The number of nitrogens with zero attached hydrogens (tertiary/aromatic N) is 1. The van der Waals surface area contributed by atoms with Gasteiger partial charge in [-0.25, -0.2) is 0 Å². The van der Waals surface area contributed by atoms with Crippen LogP contribution in [0.25, 0.3) is 0 Å². The second kappa shape index (κ2) is 6.97. The van der Waals surface area contributed by atoms with Crippen LogP contribution in [0.1, 0.15) is 41.1 Å². The molecule has 0 spiro atoms. The van der Waals surface area contributed by atoms with Crippen molar-refractivity contribution in [3.63, 3.8) is 0 Å². The average molecular weight is 369 g/mol. The summed E-state index contributed by atoms with van der Waals surface area (Å²) >= 11 is 0. The molecule has 2 aliphatic heterocycles. The Morgan fingerprint density at radius 1 is 0.852 bits per heavy atom. The quantitative estimate of drug-likeness (QED) is 0.816. The summed E-state index contributed by atoms with van der Waals surface area (Å²) in [4.78, 5) is 2.54. The van der Waals surface area contributed by atoms with Crippen LogP contribution in [-0.4, -0.2) is 39.9 Å². The molecule has 0 unspecified atom stereocenters. The minimum absolute atomic E-state index is 0.319. The lowest BCUT2D eigenvalue weighted by Crippen LogP contribution is -2.41. The zero-order valence-corrected chi connectivity index (χ0v) is 16.7. The second-order valence-corrected chi connectivity index (χ2v) is 7.23. The number of hydrogen-bond acceptors (Lipinski definition) is 5. The third-order valence-electron chi connectivity index (χ3n) is 6.04. The fourth-order valence-electron chi connectivity index (χ4n) is 4.76. The summed E-state index contributed by atoms with van der Waals surface area (Å²) in [7, 11) is 6.80. The highest BCUT2D eigenvalue weighted by atomic mass is 16.5. The first-order valence-electron chi connectivity index (χ1n) is 9.35. The molecule has 0 saturated heterocycles. The number of rotatable bonds is 4. The Kier molecular flexibility index (Phi) is 4.64. The number of fused-ring (bicyclic) bond motifs is 4. The molecule has 2 aromatic rings. The van der Waals surface area contributed by atoms with Gasteiger partial charge in [0.25, 0.3) is 0 Å². The van der Waals surface area contributed by atoms with E-state index in [4.69, 9.17) is 18.9 Å². The van der Waals surface area contributed by atoms with E-state index in [-0.39, 0.29) is 0 Å². The molecule has 0 amide bonds. The number of hydrogen-bond donors (Lipinski definition) is 0. The topological polar surface area (TPSA) is 40.2 Å². The van der Waals surface area contributed by atoms with Gasteiger partial charge in [-0.3, -0.25) is 4.90 Å². The molecule has 2 aromatic carbocycles. The van der Waals surface area contributed by atoms with Crippen LogP contribution in [0.2, 0.25) is 0 Å². The molecule has 2 heterocycles. The van der Waals surface area contributed by atoms with Gasteiger partial charge in [-0.05, 0) is 41.3 Å². The van der Waals surface area contributed by atoms with E-state index in [9.17, 15) is 0 Å². The van der Waals surface area contributed by atoms with Gasteiger partial charge in [0.15, 0.2) is 23.0 Å². The molecule has 5 heteroatoms. The van der Waals surface area contributed by atoms with Crippen molar-refractivity contribution in [1.82, 2.24) is 4.90 Å². The van der Waals surface area contributed by atoms with Gasteiger partial charge in [-0.2, -0.15) is 0 Å². The number of ether oxygens (including phenoxy) is 4. The second-order valence-electron chi connectivity index (χ2n) is 7.23. The van der Waals surface area contributed by atoms with E-state index in [0.717, 1.165) is 42.5 Å². The molecule has 0 bridgehead atoms. The minimum atomic E-state index is 0.319. The van der Waals surface area contributed by atoms with Gasteiger partial charge in [0, 0.05) is 30.6 Å². The van der Waals surface area contributed by atoms with Crippen LogP contribution >= 0.6 is 0 Å². The summed E-state index contributed by atoms with van der Waals surface area (Å²) < 4.78 is 22.3. The van der Waals surface area contributed by atoms with Gasteiger partial charge in [0.1, 0.15) is 0 Å². The number of methoxy groups -OCH3 is 4. The summed E-state index contributed by atoms with van der Waals surface area (Å²) in [5.74, 6) is 3.60. The maximum Gasteiger partial charge on any atom is 0.165 e. The summed E-state index contributed by atoms with van der Waals surface area (Å²) in [6.45, 7) is 4.17. The van der Waals surface area contributed by atoms with Crippen molar-refractivity contribution in [3.8, 4) is 23.0 Å². The Morgan fingerprint density at radius 3 is 2.22 bits per heavy atom. The van der Waals surface area contributed by atoms with E-state index in [1.165, 1.54) is 22.3 Å². The fraction of sp³-hybridized carbons (Fsp3) is 0.455. The molecular formula is C22H27NO4. The average Bonchev–Trinajstić information content (AvgIpc) is 2.71. The predicted octanol–water partition coefficient (Wildman–Crippen LogP) is 3.94. The van der Waals surface area contributed by atoms with Crippen LogP contribution in [0.4, 0.5) is 0 Å². The zero-order chi connectivity index (χ0) is 19.1. The molecule has 0 saturated carbocycles. The van der Waals surface area contributed by atoms with Crippen LogP contribution < -0.4 is 18.9 Å². The number of benzene rings is 2. The van der Waals surface area contributed by atoms with Crippen molar-refractivity contribution in [2.75, 3.05) is 35.0 Å². The largest absolute Gasteiger partial charge is 0.493 e. The highest BCUT2D eigenvalue weighted by Crippen LogP contribution is 2.50. The molecule has 144 valence electrons. The van der Waals surface area contributed by atoms with Crippen molar-refractivity contribution in [2.24, 2.45) is 0 Å². The van der Waals surface area contributed by atoms with E-state index in [2.05, 4.69) is 30.0 Å². The normalized spacial score (nSPS) is 20.9. The first-order valence-corrected chi connectivity index (χ1v) is 9.35. The molecule has 0 fully saturated rings. The van der Waals surface area contributed by atoms with Crippen molar-refractivity contribution >= 4 is 0 Å². The third-order valence-corrected chi connectivity index (χ3v) is 6.04. The maximum absolute atomic E-state index is 5.71. The predicted molar refractivity (Wildman–Crippen MR) is 104 cm³/mol. The lowest BCUT2D eigenvalue weighted by atomic mass is 9.77. The SMILES string of the molecule is COc1cc2c(cc1OC)[C@H]1[C@@H](C)c3ccc(OC)c(OC)c3CN1CC2. The van der Waals surface area contributed by atoms with E-state index in [1.807, 2.05) is 6.07 Å². The van der Waals surface area contributed by atoms with Crippen LogP contribution in [0.15, 0.2) is 24.3 Å². The highest BCUT2D eigenvalue weighted by Gasteiger charge is 2.39. The molecular weight excluding hydrogens is 342 g/mol. The first kappa shape index (κ1) is 18.0. The van der Waals surface area contributed by atoms with E-state index in [1.54, 1.807) is 28.4 Å². The van der Waals surface area contributed by atoms with Gasteiger partial charge >= 0.3 is 0 Å². The maximum atomic E-state index is 5.71. The summed E-state index contributed by atoms with van der Waals surface area (Å²) in [6, 6.07) is 8.82. The molecule has 0 aromatic heterocycles. The molecule has 4 rings (SSSR count). The molecule has 5 nitrogen and oxygen atoms in total. The van der Waals surface area contributed by atoms with Gasteiger partial charge in [-0.1, -0.05) is 13.0 Å². The lowest BCUT2D eigenvalue weighted by molar-refractivity contribution is 0.136. The molecule has 0 aliphatic carbocycles.